The highest BCUT2D eigenvalue weighted by molar-refractivity contribution is 5.41. The zero-order valence-corrected chi connectivity index (χ0v) is 12.7. The number of aryl methyl sites for hydroxylation is 2. The molecule has 0 bridgehead atoms. The average molecular weight is 282 g/mol. The predicted molar refractivity (Wildman–Crippen MR) is 84.7 cm³/mol. The lowest BCUT2D eigenvalue weighted by Gasteiger charge is -2.34. The standard InChI is InChI=1S/C19H22O2/c1-3-14-5-4-6-17(11-14)19(20)10-9-15-7-8-18(21-2)12-16(15)13-19/h4-8,11-12,20H,3,9-10,13H2,1-2H3. The number of benzene rings is 2. The monoisotopic (exact) mass is 282 g/mol. The minimum atomic E-state index is -0.759. The summed E-state index contributed by atoms with van der Waals surface area (Å²) in [5.41, 5.74) is 4.08. The summed E-state index contributed by atoms with van der Waals surface area (Å²) in [4.78, 5) is 0. The lowest BCUT2D eigenvalue weighted by molar-refractivity contribution is 0.0221. The molecule has 0 aromatic heterocycles. The van der Waals surface area contributed by atoms with Crippen molar-refractivity contribution in [3.8, 4) is 5.75 Å². The number of ether oxygens (including phenoxy) is 1. The minimum absolute atomic E-state index is 0.659. The van der Waals surface area contributed by atoms with Crippen molar-refractivity contribution in [2.45, 2.75) is 38.2 Å². The molecule has 0 fully saturated rings. The van der Waals surface area contributed by atoms with Crippen LogP contribution in [-0.2, 0) is 24.9 Å². The second kappa shape index (κ2) is 5.53. The summed E-state index contributed by atoms with van der Waals surface area (Å²) in [5.74, 6) is 0.861. The molecule has 0 amide bonds. The van der Waals surface area contributed by atoms with Gasteiger partial charge in [0.1, 0.15) is 5.75 Å². The van der Waals surface area contributed by atoms with Crippen molar-refractivity contribution < 1.29 is 9.84 Å². The molecule has 3 rings (SSSR count). The molecule has 0 saturated carbocycles. The van der Waals surface area contributed by atoms with Gasteiger partial charge in [-0.25, -0.2) is 0 Å². The van der Waals surface area contributed by atoms with Crippen molar-refractivity contribution in [3.63, 3.8) is 0 Å². The Hall–Kier alpha value is -1.80. The first-order chi connectivity index (χ1) is 10.1. The van der Waals surface area contributed by atoms with Gasteiger partial charge in [-0.05, 0) is 53.6 Å². The van der Waals surface area contributed by atoms with Crippen LogP contribution in [0.25, 0.3) is 0 Å². The Morgan fingerprint density at radius 3 is 2.76 bits per heavy atom. The molecule has 21 heavy (non-hydrogen) atoms. The predicted octanol–water partition coefficient (Wildman–Crippen LogP) is 3.63. The van der Waals surface area contributed by atoms with E-state index in [0.717, 1.165) is 30.6 Å². The molecule has 1 unspecified atom stereocenters. The van der Waals surface area contributed by atoms with E-state index in [9.17, 15) is 5.11 Å². The van der Waals surface area contributed by atoms with Crippen molar-refractivity contribution in [2.75, 3.05) is 7.11 Å². The Morgan fingerprint density at radius 1 is 1.14 bits per heavy atom. The van der Waals surface area contributed by atoms with E-state index in [1.54, 1.807) is 7.11 Å². The highest BCUT2D eigenvalue weighted by Gasteiger charge is 2.34. The zero-order chi connectivity index (χ0) is 14.9. The molecule has 0 radical (unpaired) electrons. The van der Waals surface area contributed by atoms with Crippen LogP contribution in [0.15, 0.2) is 42.5 Å². The third-order valence-corrected chi connectivity index (χ3v) is 4.58. The molecule has 0 aliphatic heterocycles. The van der Waals surface area contributed by atoms with Crippen molar-refractivity contribution >= 4 is 0 Å². The Labute approximate surface area is 126 Å². The number of aliphatic hydroxyl groups is 1. The van der Waals surface area contributed by atoms with Crippen molar-refractivity contribution in [2.24, 2.45) is 0 Å². The van der Waals surface area contributed by atoms with Crippen LogP contribution in [0.1, 0.15) is 35.6 Å². The lowest BCUT2D eigenvalue weighted by atomic mass is 9.76. The van der Waals surface area contributed by atoms with E-state index < -0.39 is 5.60 Å². The SMILES string of the molecule is CCc1cccc(C2(O)CCc3ccc(OC)cc3C2)c1. The van der Waals surface area contributed by atoms with E-state index in [4.69, 9.17) is 4.74 Å². The second-order valence-electron chi connectivity index (χ2n) is 5.90. The molecule has 2 heteroatoms. The van der Waals surface area contributed by atoms with Gasteiger partial charge in [0.2, 0.25) is 0 Å². The first-order valence-corrected chi connectivity index (χ1v) is 7.62. The van der Waals surface area contributed by atoms with Crippen molar-refractivity contribution in [1.29, 1.82) is 0 Å². The van der Waals surface area contributed by atoms with Crippen molar-refractivity contribution in [1.82, 2.24) is 0 Å². The van der Waals surface area contributed by atoms with E-state index in [0.29, 0.717) is 6.42 Å². The summed E-state index contributed by atoms with van der Waals surface area (Å²) < 4.78 is 5.31. The minimum Gasteiger partial charge on any atom is -0.497 e. The van der Waals surface area contributed by atoms with E-state index >= 15 is 0 Å². The zero-order valence-electron chi connectivity index (χ0n) is 12.7. The van der Waals surface area contributed by atoms with Crippen LogP contribution in [0.4, 0.5) is 0 Å². The van der Waals surface area contributed by atoms with E-state index in [1.807, 2.05) is 18.2 Å². The first-order valence-electron chi connectivity index (χ1n) is 7.62. The molecule has 2 aromatic carbocycles. The summed E-state index contributed by atoms with van der Waals surface area (Å²) in [6.07, 6.45) is 3.34. The van der Waals surface area contributed by atoms with E-state index in [1.165, 1.54) is 16.7 Å². The van der Waals surface area contributed by atoms with Gasteiger partial charge in [-0.1, -0.05) is 37.3 Å². The summed E-state index contributed by atoms with van der Waals surface area (Å²) in [7, 11) is 1.68. The lowest BCUT2D eigenvalue weighted by Crippen LogP contribution is -2.33. The third-order valence-electron chi connectivity index (χ3n) is 4.58. The normalized spacial score (nSPS) is 20.9. The van der Waals surface area contributed by atoms with Crippen LogP contribution in [0.3, 0.4) is 0 Å². The van der Waals surface area contributed by atoms with E-state index in [-0.39, 0.29) is 0 Å². The van der Waals surface area contributed by atoms with Crippen LogP contribution in [0.2, 0.25) is 0 Å². The Morgan fingerprint density at radius 2 is 2.00 bits per heavy atom. The van der Waals surface area contributed by atoms with Crippen LogP contribution in [-0.4, -0.2) is 12.2 Å². The summed E-state index contributed by atoms with van der Waals surface area (Å²) in [5, 5.41) is 11.1. The molecule has 0 heterocycles. The number of rotatable bonds is 3. The van der Waals surface area contributed by atoms with Gasteiger partial charge in [0, 0.05) is 6.42 Å². The molecule has 1 aliphatic rings. The van der Waals surface area contributed by atoms with Crippen LogP contribution < -0.4 is 4.74 Å². The summed E-state index contributed by atoms with van der Waals surface area (Å²) >= 11 is 0. The van der Waals surface area contributed by atoms with E-state index in [2.05, 4.69) is 31.2 Å². The van der Waals surface area contributed by atoms with Gasteiger partial charge in [-0.3, -0.25) is 0 Å². The smallest absolute Gasteiger partial charge is 0.119 e. The van der Waals surface area contributed by atoms with Gasteiger partial charge >= 0.3 is 0 Å². The molecular weight excluding hydrogens is 260 g/mol. The van der Waals surface area contributed by atoms with Crippen LogP contribution in [0.5, 0.6) is 5.75 Å². The maximum absolute atomic E-state index is 11.1. The Balaban J connectivity index is 1.96. The molecule has 110 valence electrons. The molecule has 2 aromatic rings. The molecule has 0 saturated heterocycles. The van der Waals surface area contributed by atoms with Gasteiger partial charge in [0.05, 0.1) is 12.7 Å². The van der Waals surface area contributed by atoms with Gasteiger partial charge in [0.15, 0.2) is 0 Å². The van der Waals surface area contributed by atoms with Gasteiger partial charge in [0.25, 0.3) is 0 Å². The topological polar surface area (TPSA) is 29.5 Å². The van der Waals surface area contributed by atoms with Gasteiger partial charge in [-0.2, -0.15) is 0 Å². The van der Waals surface area contributed by atoms with Crippen molar-refractivity contribution in [3.05, 3.63) is 64.7 Å². The number of hydrogen-bond acceptors (Lipinski definition) is 2. The van der Waals surface area contributed by atoms with Crippen LogP contribution in [0, 0.1) is 0 Å². The molecule has 2 nitrogen and oxygen atoms in total. The number of methoxy groups -OCH3 is 1. The molecule has 1 N–H and O–H groups in total. The largest absolute Gasteiger partial charge is 0.497 e. The fourth-order valence-electron chi connectivity index (χ4n) is 3.21. The molecular formula is C19H22O2. The fraction of sp³-hybridized carbons (Fsp3) is 0.368. The summed E-state index contributed by atoms with van der Waals surface area (Å²) in [6, 6.07) is 14.5. The van der Waals surface area contributed by atoms with Gasteiger partial charge in [-0.15, -0.1) is 0 Å². The molecule has 0 spiro atoms. The highest BCUT2D eigenvalue weighted by atomic mass is 16.5. The van der Waals surface area contributed by atoms with Gasteiger partial charge < -0.3 is 9.84 Å². The number of hydrogen-bond donors (Lipinski definition) is 1. The Kier molecular flexibility index (Phi) is 3.73. The maximum Gasteiger partial charge on any atom is 0.119 e. The third kappa shape index (κ3) is 2.68. The number of fused-ring (bicyclic) bond motifs is 1. The fourth-order valence-corrected chi connectivity index (χ4v) is 3.21. The first kappa shape index (κ1) is 14.2. The second-order valence-corrected chi connectivity index (χ2v) is 5.90. The molecule has 1 aliphatic carbocycles. The summed E-state index contributed by atoms with van der Waals surface area (Å²) in [6.45, 7) is 2.14. The maximum atomic E-state index is 11.1. The Bertz CT molecular complexity index is 648. The van der Waals surface area contributed by atoms with Crippen LogP contribution >= 0.6 is 0 Å². The highest BCUT2D eigenvalue weighted by Crippen LogP contribution is 2.37. The quantitative estimate of drug-likeness (QED) is 0.931. The average Bonchev–Trinajstić information content (AvgIpc) is 2.54. The molecule has 1 atom stereocenters.